The summed E-state index contributed by atoms with van der Waals surface area (Å²) in [5.41, 5.74) is 4.27. The van der Waals surface area contributed by atoms with Gasteiger partial charge in [0.1, 0.15) is 18.5 Å². The fourth-order valence-electron chi connectivity index (χ4n) is 3.65. The first-order valence-electron chi connectivity index (χ1n) is 9.71. The van der Waals surface area contributed by atoms with Crippen molar-refractivity contribution in [3.63, 3.8) is 0 Å². The van der Waals surface area contributed by atoms with Crippen molar-refractivity contribution in [2.24, 2.45) is 4.99 Å². The third-order valence-electron chi connectivity index (χ3n) is 5.07. The molecule has 4 rings (SSSR count). The van der Waals surface area contributed by atoms with Gasteiger partial charge < -0.3 is 18.9 Å². The third kappa shape index (κ3) is 3.74. The summed E-state index contributed by atoms with van der Waals surface area (Å²) in [6, 6.07) is 17.6. The van der Waals surface area contributed by atoms with Gasteiger partial charge in [0.25, 0.3) is 0 Å². The molecular formula is C24H24N2O4. The largest absolute Gasteiger partial charge is 0.493 e. The fourth-order valence-corrected chi connectivity index (χ4v) is 3.65. The molecule has 1 atom stereocenters. The van der Waals surface area contributed by atoms with Crippen LogP contribution in [-0.2, 0) is 11.3 Å². The van der Waals surface area contributed by atoms with Crippen LogP contribution in [0.15, 0.2) is 65.8 Å². The minimum Gasteiger partial charge on any atom is -0.493 e. The number of benzene rings is 2. The SMILES string of the molecule is COc1cc(OCc2ccccc2)c2c(c1OC)C(OC)CN=C2c1ccccn1. The van der Waals surface area contributed by atoms with Crippen molar-refractivity contribution in [1.29, 1.82) is 0 Å². The number of methoxy groups -OCH3 is 3. The predicted octanol–water partition coefficient (Wildman–Crippen LogP) is 4.22. The molecule has 1 aromatic heterocycles. The summed E-state index contributed by atoms with van der Waals surface area (Å²) in [6.45, 7) is 0.868. The molecule has 1 aliphatic heterocycles. The van der Waals surface area contributed by atoms with Gasteiger partial charge in [-0.2, -0.15) is 0 Å². The van der Waals surface area contributed by atoms with E-state index in [-0.39, 0.29) is 6.10 Å². The Morgan fingerprint density at radius 2 is 1.73 bits per heavy atom. The Morgan fingerprint density at radius 1 is 0.933 bits per heavy atom. The van der Waals surface area contributed by atoms with E-state index in [0.29, 0.717) is 30.4 Å². The molecule has 1 aliphatic rings. The summed E-state index contributed by atoms with van der Waals surface area (Å²) in [4.78, 5) is 9.30. The molecule has 0 bridgehead atoms. The molecule has 30 heavy (non-hydrogen) atoms. The average Bonchev–Trinajstić information content (AvgIpc) is 2.82. The van der Waals surface area contributed by atoms with Crippen LogP contribution in [0.1, 0.15) is 28.5 Å². The number of aromatic nitrogens is 1. The van der Waals surface area contributed by atoms with Crippen LogP contribution in [0.4, 0.5) is 0 Å². The van der Waals surface area contributed by atoms with E-state index in [9.17, 15) is 0 Å². The minimum atomic E-state index is -0.281. The van der Waals surface area contributed by atoms with Crippen LogP contribution in [0.25, 0.3) is 0 Å². The lowest BCUT2D eigenvalue weighted by Crippen LogP contribution is -2.23. The molecule has 3 aromatic rings. The first-order chi connectivity index (χ1) is 14.8. The summed E-state index contributed by atoms with van der Waals surface area (Å²) in [5.74, 6) is 1.86. The predicted molar refractivity (Wildman–Crippen MR) is 115 cm³/mol. The summed E-state index contributed by atoms with van der Waals surface area (Å²) in [5, 5.41) is 0. The zero-order valence-corrected chi connectivity index (χ0v) is 17.3. The number of hydrogen-bond donors (Lipinski definition) is 0. The van der Waals surface area contributed by atoms with Gasteiger partial charge in [0.15, 0.2) is 11.5 Å². The molecule has 0 N–H and O–H groups in total. The van der Waals surface area contributed by atoms with Gasteiger partial charge in [-0.15, -0.1) is 0 Å². The molecule has 1 unspecified atom stereocenters. The second-order valence-corrected chi connectivity index (χ2v) is 6.80. The first-order valence-corrected chi connectivity index (χ1v) is 9.71. The Hall–Kier alpha value is -3.38. The van der Waals surface area contributed by atoms with Crippen LogP contribution in [0, 0.1) is 0 Å². The summed E-state index contributed by atoms with van der Waals surface area (Å²) in [7, 11) is 4.91. The molecule has 2 aromatic carbocycles. The molecule has 2 heterocycles. The van der Waals surface area contributed by atoms with E-state index >= 15 is 0 Å². The Morgan fingerprint density at radius 3 is 2.40 bits per heavy atom. The molecular weight excluding hydrogens is 380 g/mol. The highest BCUT2D eigenvalue weighted by Gasteiger charge is 2.33. The minimum absolute atomic E-state index is 0.281. The highest BCUT2D eigenvalue weighted by molar-refractivity contribution is 6.15. The van der Waals surface area contributed by atoms with Crippen LogP contribution in [0.3, 0.4) is 0 Å². The van der Waals surface area contributed by atoms with Crippen LogP contribution in [-0.4, -0.2) is 38.6 Å². The first kappa shape index (κ1) is 19.9. The molecule has 6 nitrogen and oxygen atoms in total. The molecule has 0 amide bonds. The van der Waals surface area contributed by atoms with Crippen LogP contribution in [0.5, 0.6) is 17.2 Å². The Bertz CT molecular complexity index is 1040. The molecule has 0 fully saturated rings. The van der Waals surface area contributed by atoms with E-state index in [1.165, 1.54) is 0 Å². The summed E-state index contributed by atoms with van der Waals surface area (Å²) >= 11 is 0. The molecule has 0 radical (unpaired) electrons. The normalized spacial score (nSPS) is 15.2. The lowest BCUT2D eigenvalue weighted by Gasteiger charge is -2.28. The standard InChI is InChI=1S/C24H24N2O4/c1-27-19-13-18(30-15-16-9-5-4-6-10-16)21-22(24(19)29-3)20(28-2)14-26-23(21)17-11-7-8-12-25-17/h4-13,20H,14-15H2,1-3H3. The van der Waals surface area contributed by atoms with Gasteiger partial charge in [-0.1, -0.05) is 36.4 Å². The maximum Gasteiger partial charge on any atom is 0.167 e. The van der Waals surface area contributed by atoms with Crippen LogP contribution in [0.2, 0.25) is 0 Å². The highest BCUT2D eigenvalue weighted by atomic mass is 16.5. The van der Waals surface area contributed by atoms with E-state index in [2.05, 4.69) is 4.98 Å². The van der Waals surface area contributed by atoms with Gasteiger partial charge in [-0.3, -0.25) is 9.98 Å². The van der Waals surface area contributed by atoms with Crippen LogP contribution >= 0.6 is 0 Å². The monoisotopic (exact) mass is 404 g/mol. The molecule has 0 spiro atoms. The van der Waals surface area contributed by atoms with Gasteiger partial charge in [0.05, 0.1) is 37.7 Å². The van der Waals surface area contributed by atoms with E-state index in [4.69, 9.17) is 23.9 Å². The lowest BCUT2D eigenvalue weighted by molar-refractivity contribution is 0.106. The van der Waals surface area contributed by atoms with Crippen molar-refractivity contribution in [3.8, 4) is 17.2 Å². The maximum absolute atomic E-state index is 6.28. The van der Waals surface area contributed by atoms with Crippen molar-refractivity contribution < 1.29 is 18.9 Å². The van der Waals surface area contributed by atoms with Gasteiger partial charge in [0.2, 0.25) is 0 Å². The topological polar surface area (TPSA) is 62.2 Å². The fraction of sp³-hybridized carbons (Fsp3) is 0.250. The summed E-state index contributed by atoms with van der Waals surface area (Å²) in [6.07, 6.45) is 1.47. The van der Waals surface area contributed by atoms with Gasteiger partial charge in [0, 0.05) is 24.9 Å². The lowest BCUT2D eigenvalue weighted by atomic mass is 9.91. The van der Waals surface area contributed by atoms with Crippen molar-refractivity contribution in [1.82, 2.24) is 4.98 Å². The molecule has 154 valence electrons. The number of ether oxygens (including phenoxy) is 4. The zero-order valence-electron chi connectivity index (χ0n) is 17.3. The number of rotatable bonds is 7. The summed E-state index contributed by atoms with van der Waals surface area (Å²) < 4.78 is 23.4. The Labute approximate surface area is 176 Å². The average molecular weight is 404 g/mol. The molecule has 0 saturated carbocycles. The van der Waals surface area contributed by atoms with Crippen molar-refractivity contribution in [2.75, 3.05) is 27.9 Å². The van der Waals surface area contributed by atoms with E-state index in [1.807, 2.05) is 54.6 Å². The number of pyridine rings is 1. The van der Waals surface area contributed by atoms with E-state index < -0.39 is 0 Å². The zero-order chi connectivity index (χ0) is 20.9. The maximum atomic E-state index is 6.28. The number of aliphatic imine (C=N–C) groups is 1. The number of fused-ring (bicyclic) bond motifs is 1. The van der Waals surface area contributed by atoms with Crippen molar-refractivity contribution in [2.45, 2.75) is 12.7 Å². The molecule has 6 heteroatoms. The Balaban J connectivity index is 1.88. The van der Waals surface area contributed by atoms with E-state index in [0.717, 1.165) is 28.1 Å². The van der Waals surface area contributed by atoms with Crippen molar-refractivity contribution >= 4 is 5.71 Å². The number of nitrogens with zero attached hydrogens (tertiary/aromatic N) is 2. The second-order valence-electron chi connectivity index (χ2n) is 6.80. The Kier molecular flexibility index (Phi) is 5.95. The van der Waals surface area contributed by atoms with Gasteiger partial charge in [-0.25, -0.2) is 0 Å². The number of hydrogen-bond acceptors (Lipinski definition) is 6. The van der Waals surface area contributed by atoms with Crippen molar-refractivity contribution in [3.05, 3.63) is 83.2 Å². The smallest absolute Gasteiger partial charge is 0.167 e. The van der Waals surface area contributed by atoms with E-state index in [1.54, 1.807) is 27.5 Å². The van der Waals surface area contributed by atoms with Gasteiger partial charge >= 0.3 is 0 Å². The molecule has 0 saturated heterocycles. The van der Waals surface area contributed by atoms with Gasteiger partial charge in [-0.05, 0) is 17.7 Å². The highest BCUT2D eigenvalue weighted by Crippen LogP contribution is 2.46. The quantitative estimate of drug-likeness (QED) is 0.590. The van der Waals surface area contributed by atoms with Crippen LogP contribution < -0.4 is 14.2 Å². The second kappa shape index (κ2) is 8.97. The third-order valence-corrected chi connectivity index (χ3v) is 5.07. The molecule has 0 aliphatic carbocycles.